The summed E-state index contributed by atoms with van der Waals surface area (Å²) in [5, 5.41) is 1.12. The van der Waals surface area contributed by atoms with Gasteiger partial charge in [-0.25, -0.2) is 15.0 Å². The first kappa shape index (κ1) is 17.4. The van der Waals surface area contributed by atoms with Gasteiger partial charge in [-0.3, -0.25) is 9.97 Å². The lowest BCUT2D eigenvalue weighted by atomic mass is 10.1. The largest absolute Gasteiger partial charge is 0.307 e. The Bertz CT molecular complexity index is 1350. The standard InChI is InChI=1S/C23H20N6/c1-14-9-19(11-25-15(14)2)21-12-26-22-23(28-21)29(13-27-22)16(3)17-6-7-20-18(10-17)5-4-8-24-20/h4-13,16H,1-3H3. The fraction of sp³-hybridized carbons (Fsp3) is 0.174. The third-order valence-electron chi connectivity index (χ3n) is 5.45. The Morgan fingerprint density at radius 2 is 1.83 bits per heavy atom. The van der Waals surface area contributed by atoms with E-state index in [1.54, 1.807) is 6.20 Å². The van der Waals surface area contributed by atoms with Crippen LogP contribution in [0.1, 0.15) is 29.8 Å². The second kappa shape index (κ2) is 6.74. The van der Waals surface area contributed by atoms with Crippen molar-refractivity contribution in [3.8, 4) is 11.3 Å². The Kier molecular flexibility index (Phi) is 4.05. The van der Waals surface area contributed by atoms with E-state index in [-0.39, 0.29) is 6.04 Å². The molecule has 0 aliphatic rings. The number of nitrogens with zero attached hydrogens (tertiary/aromatic N) is 6. The summed E-state index contributed by atoms with van der Waals surface area (Å²) in [7, 11) is 0. The number of aryl methyl sites for hydroxylation is 2. The Balaban J connectivity index is 1.59. The molecule has 29 heavy (non-hydrogen) atoms. The van der Waals surface area contributed by atoms with Gasteiger partial charge in [-0.15, -0.1) is 0 Å². The molecule has 0 saturated heterocycles. The number of rotatable bonds is 3. The average molecular weight is 380 g/mol. The second-order valence-electron chi connectivity index (χ2n) is 7.31. The van der Waals surface area contributed by atoms with Gasteiger partial charge < -0.3 is 4.57 Å². The maximum Gasteiger partial charge on any atom is 0.197 e. The van der Waals surface area contributed by atoms with Gasteiger partial charge in [0.15, 0.2) is 11.3 Å². The van der Waals surface area contributed by atoms with Crippen LogP contribution in [0.15, 0.2) is 61.3 Å². The molecule has 4 aromatic heterocycles. The molecule has 0 amide bonds. The summed E-state index contributed by atoms with van der Waals surface area (Å²) in [5.74, 6) is 0. The number of benzene rings is 1. The van der Waals surface area contributed by atoms with E-state index >= 15 is 0 Å². The lowest BCUT2D eigenvalue weighted by molar-refractivity contribution is 0.653. The average Bonchev–Trinajstić information content (AvgIpc) is 3.18. The Morgan fingerprint density at radius 1 is 0.931 bits per heavy atom. The fourth-order valence-corrected chi connectivity index (χ4v) is 3.53. The number of fused-ring (bicyclic) bond motifs is 2. The number of hydrogen-bond donors (Lipinski definition) is 0. The Morgan fingerprint density at radius 3 is 2.69 bits per heavy atom. The second-order valence-corrected chi connectivity index (χ2v) is 7.31. The van der Waals surface area contributed by atoms with E-state index in [0.717, 1.165) is 39.1 Å². The first-order valence-corrected chi connectivity index (χ1v) is 9.58. The lowest BCUT2D eigenvalue weighted by Crippen LogP contribution is -2.07. The molecule has 1 unspecified atom stereocenters. The maximum absolute atomic E-state index is 4.87. The predicted octanol–water partition coefficient (Wildman–Crippen LogP) is 4.66. The monoisotopic (exact) mass is 380 g/mol. The SMILES string of the molecule is Cc1cc(-c2cnc3ncn(C(C)c4ccc5ncccc5c4)c3n2)cnc1C. The molecule has 4 heterocycles. The molecular weight excluding hydrogens is 360 g/mol. The molecule has 1 atom stereocenters. The van der Waals surface area contributed by atoms with Gasteiger partial charge in [0.05, 0.1) is 29.8 Å². The molecule has 6 nitrogen and oxygen atoms in total. The molecule has 0 fully saturated rings. The molecule has 0 bridgehead atoms. The molecule has 0 aliphatic heterocycles. The van der Waals surface area contributed by atoms with Crippen molar-refractivity contribution in [3.63, 3.8) is 0 Å². The van der Waals surface area contributed by atoms with Crippen LogP contribution in [-0.4, -0.2) is 29.5 Å². The molecule has 5 rings (SSSR count). The van der Waals surface area contributed by atoms with Crippen molar-refractivity contribution in [1.29, 1.82) is 0 Å². The molecule has 142 valence electrons. The van der Waals surface area contributed by atoms with Gasteiger partial charge in [0.25, 0.3) is 0 Å². The third-order valence-corrected chi connectivity index (χ3v) is 5.45. The minimum Gasteiger partial charge on any atom is -0.307 e. The third kappa shape index (κ3) is 3.02. The van der Waals surface area contributed by atoms with Crippen LogP contribution < -0.4 is 0 Å². The molecule has 0 N–H and O–H groups in total. The van der Waals surface area contributed by atoms with Gasteiger partial charge in [0, 0.05) is 29.0 Å². The number of pyridine rings is 2. The summed E-state index contributed by atoms with van der Waals surface area (Å²) >= 11 is 0. The molecule has 0 spiro atoms. The summed E-state index contributed by atoms with van der Waals surface area (Å²) in [4.78, 5) is 22.7. The molecule has 5 aromatic rings. The molecule has 1 aromatic carbocycles. The molecule has 6 heteroatoms. The Hall–Kier alpha value is -3.67. The van der Waals surface area contributed by atoms with Crippen molar-refractivity contribution in [2.45, 2.75) is 26.8 Å². The molecule has 0 saturated carbocycles. The zero-order chi connectivity index (χ0) is 20.0. The van der Waals surface area contributed by atoms with Crippen LogP contribution >= 0.6 is 0 Å². The highest BCUT2D eigenvalue weighted by atomic mass is 15.1. The molecular formula is C23H20N6. The first-order chi connectivity index (χ1) is 14.1. The summed E-state index contributed by atoms with van der Waals surface area (Å²) in [6, 6.07) is 12.5. The van der Waals surface area contributed by atoms with E-state index in [4.69, 9.17) is 4.98 Å². The van der Waals surface area contributed by atoms with Gasteiger partial charge in [0.1, 0.15) is 0 Å². The van der Waals surface area contributed by atoms with E-state index in [9.17, 15) is 0 Å². The van der Waals surface area contributed by atoms with Crippen LogP contribution in [0.4, 0.5) is 0 Å². The van der Waals surface area contributed by atoms with Crippen LogP contribution in [0, 0.1) is 13.8 Å². The summed E-state index contributed by atoms with van der Waals surface area (Å²) in [6.07, 6.45) is 7.23. The quantitative estimate of drug-likeness (QED) is 0.455. The summed E-state index contributed by atoms with van der Waals surface area (Å²) < 4.78 is 2.07. The zero-order valence-corrected chi connectivity index (χ0v) is 16.5. The van der Waals surface area contributed by atoms with Gasteiger partial charge in [-0.05, 0) is 56.2 Å². The fourth-order valence-electron chi connectivity index (χ4n) is 3.53. The van der Waals surface area contributed by atoms with E-state index in [0.29, 0.717) is 5.65 Å². The van der Waals surface area contributed by atoms with Crippen molar-refractivity contribution in [2.24, 2.45) is 0 Å². The first-order valence-electron chi connectivity index (χ1n) is 9.58. The van der Waals surface area contributed by atoms with Crippen LogP contribution in [0.5, 0.6) is 0 Å². The van der Waals surface area contributed by atoms with Crippen LogP contribution in [0.2, 0.25) is 0 Å². The van der Waals surface area contributed by atoms with Crippen molar-refractivity contribution in [1.82, 2.24) is 29.5 Å². The van der Waals surface area contributed by atoms with E-state index in [1.807, 2.05) is 31.7 Å². The molecule has 0 radical (unpaired) electrons. The lowest BCUT2D eigenvalue weighted by Gasteiger charge is -2.15. The van der Waals surface area contributed by atoms with Crippen molar-refractivity contribution < 1.29 is 0 Å². The van der Waals surface area contributed by atoms with Gasteiger partial charge in [-0.2, -0.15) is 0 Å². The van der Waals surface area contributed by atoms with Crippen LogP contribution in [0.25, 0.3) is 33.5 Å². The normalized spacial score (nSPS) is 12.5. The Labute approximate surface area is 168 Å². The highest BCUT2D eigenvalue weighted by Gasteiger charge is 2.15. The van der Waals surface area contributed by atoms with Crippen LogP contribution in [-0.2, 0) is 0 Å². The molecule has 0 aliphatic carbocycles. The van der Waals surface area contributed by atoms with Crippen molar-refractivity contribution >= 4 is 22.2 Å². The minimum absolute atomic E-state index is 0.0621. The minimum atomic E-state index is 0.0621. The summed E-state index contributed by atoms with van der Waals surface area (Å²) in [5.41, 5.74) is 7.47. The number of hydrogen-bond acceptors (Lipinski definition) is 5. The topological polar surface area (TPSA) is 69.4 Å². The van der Waals surface area contributed by atoms with Crippen molar-refractivity contribution in [2.75, 3.05) is 0 Å². The smallest absolute Gasteiger partial charge is 0.197 e. The number of aromatic nitrogens is 6. The van der Waals surface area contributed by atoms with Crippen LogP contribution in [0.3, 0.4) is 0 Å². The summed E-state index contributed by atoms with van der Waals surface area (Å²) in [6.45, 7) is 6.20. The zero-order valence-electron chi connectivity index (χ0n) is 16.5. The van der Waals surface area contributed by atoms with E-state index in [2.05, 4.69) is 68.7 Å². The van der Waals surface area contributed by atoms with E-state index in [1.165, 1.54) is 5.56 Å². The highest BCUT2D eigenvalue weighted by Crippen LogP contribution is 2.26. The number of imidazole rings is 1. The predicted molar refractivity (Wildman–Crippen MR) is 114 cm³/mol. The van der Waals surface area contributed by atoms with Gasteiger partial charge in [-0.1, -0.05) is 12.1 Å². The van der Waals surface area contributed by atoms with Crippen molar-refractivity contribution in [3.05, 3.63) is 78.1 Å². The van der Waals surface area contributed by atoms with Gasteiger partial charge in [0.2, 0.25) is 0 Å². The highest BCUT2D eigenvalue weighted by molar-refractivity contribution is 5.79. The maximum atomic E-state index is 4.87. The van der Waals surface area contributed by atoms with Gasteiger partial charge >= 0.3 is 0 Å². The van der Waals surface area contributed by atoms with E-state index < -0.39 is 0 Å².